The van der Waals surface area contributed by atoms with E-state index in [0.717, 1.165) is 4.57 Å². The fraction of sp³-hybridized carbons (Fsp3) is 0.304. The maximum absolute atomic E-state index is 13.4. The van der Waals surface area contributed by atoms with Crippen LogP contribution in [0.3, 0.4) is 0 Å². The molecule has 0 spiro atoms. The maximum Gasteiger partial charge on any atom is 0.336 e. The van der Waals surface area contributed by atoms with Crippen molar-refractivity contribution in [2.24, 2.45) is 5.92 Å². The fourth-order valence-corrected chi connectivity index (χ4v) is 3.30. The lowest BCUT2D eigenvalue weighted by Crippen LogP contribution is -2.44. The van der Waals surface area contributed by atoms with Crippen molar-refractivity contribution in [1.29, 1.82) is 0 Å². The standard InChI is InChI=1S/C23H25N3O4/c1-14(2)13-24-21(28)15(3)25-20-8-6-5-7-19(20)22(29)26(23(25)30)18-11-9-17(10-12-18)16(4)27/h5-12,14-15H,13H2,1-4H3,(H,24,28). The Hall–Kier alpha value is -3.48. The Kier molecular flexibility index (Phi) is 6.01. The van der Waals surface area contributed by atoms with E-state index in [9.17, 15) is 19.2 Å². The number of ketones is 1. The largest absolute Gasteiger partial charge is 0.354 e. The molecule has 156 valence electrons. The average molecular weight is 407 g/mol. The summed E-state index contributed by atoms with van der Waals surface area (Å²) in [6.45, 7) is 7.54. The third-order valence-corrected chi connectivity index (χ3v) is 4.98. The van der Waals surface area contributed by atoms with Crippen LogP contribution in [-0.4, -0.2) is 27.4 Å². The number of amides is 1. The molecule has 0 fully saturated rings. The number of nitrogens with one attached hydrogen (secondary N) is 1. The van der Waals surface area contributed by atoms with E-state index in [-0.39, 0.29) is 17.6 Å². The van der Waals surface area contributed by atoms with Crippen molar-refractivity contribution in [3.05, 3.63) is 74.9 Å². The van der Waals surface area contributed by atoms with Gasteiger partial charge in [0.15, 0.2) is 5.78 Å². The molecule has 0 bridgehead atoms. The highest BCUT2D eigenvalue weighted by atomic mass is 16.2. The van der Waals surface area contributed by atoms with Crippen molar-refractivity contribution in [2.45, 2.75) is 33.7 Å². The Bertz CT molecular complexity index is 1220. The van der Waals surface area contributed by atoms with E-state index in [1.54, 1.807) is 55.5 Å². The summed E-state index contributed by atoms with van der Waals surface area (Å²) in [7, 11) is 0. The van der Waals surface area contributed by atoms with E-state index < -0.39 is 17.3 Å². The Balaban J connectivity index is 2.23. The molecule has 0 saturated heterocycles. The van der Waals surface area contributed by atoms with Gasteiger partial charge in [-0.25, -0.2) is 9.36 Å². The van der Waals surface area contributed by atoms with Crippen LogP contribution in [0, 0.1) is 5.92 Å². The van der Waals surface area contributed by atoms with Crippen LogP contribution in [0.2, 0.25) is 0 Å². The van der Waals surface area contributed by atoms with Gasteiger partial charge < -0.3 is 5.32 Å². The van der Waals surface area contributed by atoms with Gasteiger partial charge in [0.1, 0.15) is 6.04 Å². The minimum atomic E-state index is -0.815. The molecule has 1 heterocycles. The second-order valence-electron chi connectivity index (χ2n) is 7.73. The molecule has 0 aliphatic heterocycles. The van der Waals surface area contributed by atoms with Gasteiger partial charge in [-0.1, -0.05) is 26.0 Å². The Morgan fingerprint density at radius 3 is 2.20 bits per heavy atom. The molecule has 30 heavy (non-hydrogen) atoms. The first-order chi connectivity index (χ1) is 14.2. The van der Waals surface area contributed by atoms with Gasteiger partial charge in [-0.15, -0.1) is 0 Å². The number of benzene rings is 2. The van der Waals surface area contributed by atoms with Crippen LogP contribution < -0.4 is 16.6 Å². The number of hydrogen-bond donors (Lipinski definition) is 1. The quantitative estimate of drug-likeness (QED) is 0.636. The molecule has 0 saturated carbocycles. The summed E-state index contributed by atoms with van der Waals surface area (Å²) in [5, 5.41) is 3.17. The van der Waals surface area contributed by atoms with E-state index in [2.05, 4.69) is 5.32 Å². The van der Waals surface area contributed by atoms with Gasteiger partial charge in [0.05, 0.1) is 16.6 Å². The lowest BCUT2D eigenvalue weighted by atomic mass is 10.1. The fourth-order valence-electron chi connectivity index (χ4n) is 3.30. The molecule has 1 unspecified atom stereocenters. The number of nitrogens with zero attached hydrogens (tertiary/aromatic N) is 2. The second kappa shape index (κ2) is 8.49. The molecule has 1 N–H and O–H groups in total. The zero-order valence-electron chi connectivity index (χ0n) is 17.5. The minimum Gasteiger partial charge on any atom is -0.354 e. The number of hydrogen-bond acceptors (Lipinski definition) is 4. The van der Waals surface area contributed by atoms with E-state index in [4.69, 9.17) is 0 Å². The van der Waals surface area contributed by atoms with E-state index >= 15 is 0 Å². The number of para-hydroxylation sites is 1. The first kappa shape index (κ1) is 21.2. The molecule has 0 aliphatic carbocycles. The highest BCUT2D eigenvalue weighted by molar-refractivity contribution is 5.94. The Morgan fingerprint density at radius 1 is 0.967 bits per heavy atom. The van der Waals surface area contributed by atoms with Crippen LogP contribution in [0.1, 0.15) is 44.1 Å². The molecule has 3 rings (SSSR count). The molecule has 2 aromatic carbocycles. The molecule has 1 amide bonds. The average Bonchev–Trinajstić information content (AvgIpc) is 2.72. The van der Waals surface area contributed by atoms with Crippen LogP contribution in [0.25, 0.3) is 16.6 Å². The molecule has 0 radical (unpaired) electrons. The highest BCUT2D eigenvalue weighted by Gasteiger charge is 2.22. The third kappa shape index (κ3) is 3.96. The van der Waals surface area contributed by atoms with Crippen molar-refractivity contribution >= 4 is 22.6 Å². The zero-order valence-corrected chi connectivity index (χ0v) is 17.5. The maximum atomic E-state index is 13.4. The summed E-state index contributed by atoms with van der Waals surface area (Å²) in [4.78, 5) is 50.7. The second-order valence-corrected chi connectivity index (χ2v) is 7.73. The summed E-state index contributed by atoms with van der Waals surface area (Å²) in [5.41, 5.74) is 0.133. The van der Waals surface area contributed by atoms with Crippen LogP contribution in [-0.2, 0) is 4.79 Å². The SMILES string of the molecule is CC(=O)c1ccc(-n2c(=O)c3ccccc3n(C(C)C(=O)NCC(C)C)c2=O)cc1. The van der Waals surface area contributed by atoms with Crippen molar-refractivity contribution in [2.75, 3.05) is 6.54 Å². The van der Waals surface area contributed by atoms with Gasteiger partial charge in [0, 0.05) is 12.1 Å². The summed E-state index contributed by atoms with van der Waals surface area (Å²) < 4.78 is 2.38. The normalized spacial score (nSPS) is 12.2. The lowest BCUT2D eigenvalue weighted by Gasteiger charge is -2.20. The summed E-state index contributed by atoms with van der Waals surface area (Å²) in [6.07, 6.45) is 0. The van der Waals surface area contributed by atoms with Gasteiger partial charge in [-0.05, 0) is 56.2 Å². The summed E-state index contributed by atoms with van der Waals surface area (Å²) in [6, 6.07) is 12.2. The van der Waals surface area contributed by atoms with Crippen LogP contribution in [0.15, 0.2) is 58.1 Å². The monoisotopic (exact) mass is 407 g/mol. The van der Waals surface area contributed by atoms with E-state index in [1.165, 1.54) is 11.5 Å². The van der Waals surface area contributed by atoms with E-state index in [1.807, 2.05) is 13.8 Å². The number of aromatic nitrogens is 2. The van der Waals surface area contributed by atoms with E-state index in [0.29, 0.717) is 28.7 Å². The number of fused-ring (bicyclic) bond motifs is 1. The number of carbonyl (C=O) groups is 2. The molecule has 1 aromatic heterocycles. The van der Waals surface area contributed by atoms with Gasteiger partial charge >= 0.3 is 5.69 Å². The topological polar surface area (TPSA) is 90.2 Å². The third-order valence-electron chi connectivity index (χ3n) is 4.98. The number of rotatable bonds is 6. The van der Waals surface area contributed by atoms with Gasteiger partial charge in [0.25, 0.3) is 5.56 Å². The minimum absolute atomic E-state index is 0.111. The highest BCUT2D eigenvalue weighted by Crippen LogP contribution is 2.15. The summed E-state index contributed by atoms with van der Waals surface area (Å²) >= 11 is 0. The van der Waals surface area contributed by atoms with Crippen LogP contribution in [0.4, 0.5) is 0 Å². The molecule has 7 nitrogen and oxygen atoms in total. The molecule has 0 aliphatic rings. The lowest BCUT2D eigenvalue weighted by molar-refractivity contribution is -0.124. The molecule has 1 atom stereocenters. The van der Waals surface area contributed by atoms with Crippen molar-refractivity contribution in [3.63, 3.8) is 0 Å². The molecule has 3 aromatic rings. The molecular formula is C23H25N3O4. The Morgan fingerprint density at radius 2 is 1.60 bits per heavy atom. The first-order valence-electron chi connectivity index (χ1n) is 9.87. The number of carbonyl (C=O) groups excluding carboxylic acids is 2. The Labute approximate surface area is 174 Å². The van der Waals surface area contributed by atoms with Gasteiger partial charge in [-0.2, -0.15) is 0 Å². The van der Waals surface area contributed by atoms with Crippen molar-refractivity contribution in [1.82, 2.24) is 14.5 Å². The first-order valence-corrected chi connectivity index (χ1v) is 9.87. The smallest absolute Gasteiger partial charge is 0.336 e. The predicted molar refractivity (Wildman–Crippen MR) is 116 cm³/mol. The number of Topliss-reactive ketones (excluding diaryl/α,β-unsaturated/α-hetero) is 1. The zero-order chi connectivity index (χ0) is 22.0. The molecular weight excluding hydrogens is 382 g/mol. The summed E-state index contributed by atoms with van der Waals surface area (Å²) in [5.74, 6) is -0.142. The predicted octanol–water partition coefficient (Wildman–Crippen LogP) is 2.69. The van der Waals surface area contributed by atoms with Gasteiger partial charge in [-0.3, -0.25) is 19.0 Å². The van der Waals surface area contributed by atoms with Crippen molar-refractivity contribution < 1.29 is 9.59 Å². The van der Waals surface area contributed by atoms with Crippen LogP contribution in [0.5, 0.6) is 0 Å². The van der Waals surface area contributed by atoms with Gasteiger partial charge in [0.2, 0.25) is 5.91 Å². The van der Waals surface area contributed by atoms with Crippen molar-refractivity contribution in [3.8, 4) is 5.69 Å². The molecule has 7 heteroatoms. The van der Waals surface area contributed by atoms with Crippen LogP contribution >= 0.6 is 0 Å².